The van der Waals surface area contributed by atoms with Gasteiger partial charge < -0.3 is 9.29 Å². The van der Waals surface area contributed by atoms with Crippen LogP contribution in [0.4, 0.5) is 0 Å². The molecule has 1 atom stereocenters. The number of rotatable bonds is 5. The van der Waals surface area contributed by atoms with Gasteiger partial charge in [-0.3, -0.25) is 10.0 Å². The summed E-state index contributed by atoms with van der Waals surface area (Å²) in [6.45, 7) is 0.755. The number of hydroxylamine groups is 1. The van der Waals surface area contributed by atoms with E-state index in [-0.39, 0.29) is 0 Å². The molecule has 1 heterocycles. The van der Waals surface area contributed by atoms with Crippen molar-refractivity contribution < 1.29 is 19.3 Å². The van der Waals surface area contributed by atoms with Gasteiger partial charge in [-0.1, -0.05) is 77.0 Å². The Morgan fingerprint density at radius 1 is 0.839 bits per heavy atom. The summed E-state index contributed by atoms with van der Waals surface area (Å²) in [5, 5.41) is 9.32. The Bertz CT molecular complexity index is 1030. The van der Waals surface area contributed by atoms with E-state index in [1.165, 1.54) is 5.56 Å². The van der Waals surface area contributed by atoms with Crippen LogP contribution < -0.4 is 5.48 Å². The second-order valence-electron chi connectivity index (χ2n) is 7.89. The van der Waals surface area contributed by atoms with Gasteiger partial charge in [0.2, 0.25) is 0 Å². The van der Waals surface area contributed by atoms with Crippen LogP contribution in [0.2, 0.25) is 0 Å². The Morgan fingerprint density at radius 3 is 1.77 bits per heavy atom. The first-order valence-electron chi connectivity index (χ1n) is 10.3. The summed E-state index contributed by atoms with van der Waals surface area (Å²) in [6.07, 6.45) is 2.45. The van der Waals surface area contributed by atoms with Crippen molar-refractivity contribution >= 4 is 16.2 Å². The van der Waals surface area contributed by atoms with Crippen LogP contribution in [0, 0.1) is 0 Å². The van der Waals surface area contributed by atoms with E-state index < -0.39 is 21.0 Å². The molecule has 0 bridgehead atoms. The van der Waals surface area contributed by atoms with Gasteiger partial charge in [-0.05, 0) is 53.5 Å². The fourth-order valence-corrected chi connectivity index (χ4v) is 6.72. The van der Waals surface area contributed by atoms with Gasteiger partial charge >= 0.3 is 0 Å². The first-order valence-corrected chi connectivity index (χ1v) is 12.3. The zero-order chi connectivity index (χ0) is 21.9. The molecule has 1 aliphatic heterocycles. The van der Waals surface area contributed by atoms with E-state index in [9.17, 15) is 14.6 Å². The number of hydrogen-bond donors (Lipinski definition) is 3. The Morgan fingerprint density at radius 2 is 1.29 bits per heavy atom. The molecule has 3 N–H and O–H groups in total. The molecular formula is C25H27NO4S. The molecule has 3 aromatic carbocycles. The summed E-state index contributed by atoms with van der Waals surface area (Å²) in [6, 6.07) is 26.3. The van der Waals surface area contributed by atoms with Gasteiger partial charge in [0.25, 0.3) is 5.91 Å². The highest BCUT2D eigenvalue weighted by atomic mass is 32.3. The first kappa shape index (κ1) is 21.6. The SMILES string of the molecule is CS(O)(c1ccc(-c2ccc(-c3ccccc3)cc2)cc1)C1(C(=O)NO)CCOCC1. The highest BCUT2D eigenvalue weighted by Crippen LogP contribution is 2.63. The number of benzene rings is 3. The van der Waals surface area contributed by atoms with Crippen molar-refractivity contribution in [3.8, 4) is 22.3 Å². The zero-order valence-corrected chi connectivity index (χ0v) is 18.3. The molecule has 1 aliphatic rings. The number of ether oxygens (including phenoxy) is 1. The molecule has 0 saturated carbocycles. The molecule has 4 rings (SSSR count). The van der Waals surface area contributed by atoms with Crippen LogP contribution in [0.5, 0.6) is 0 Å². The van der Waals surface area contributed by atoms with Crippen LogP contribution in [-0.2, 0) is 9.53 Å². The molecule has 1 fully saturated rings. The summed E-state index contributed by atoms with van der Waals surface area (Å²) < 4.78 is 15.9. The van der Waals surface area contributed by atoms with Crippen molar-refractivity contribution in [3.05, 3.63) is 78.9 Å². The van der Waals surface area contributed by atoms with Crippen LogP contribution in [0.25, 0.3) is 22.3 Å². The summed E-state index contributed by atoms with van der Waals surface area (Å²) in [7, 11) is -2.53. The lowest BCUT2D eigenvalue weighted by Crippen LogP contribution is -2.52. The Balaban J connectivity index is 1.60. The van der Waals surface area contributed by atoms with Gasteiger partial charge in [0.1, 0.15) is 4.75 Å². The number of amides is 1. The van der Waals surface area contributed by atoms with Crippen molar-refractivity contribution in [2.24, 2.45) is 0 Å². The standard InChI is InChI=1S/C25H27NO4S/c1-31(29,25(24(27)26-28)15-17-30-18-16-25)23-13-11-22(12-14-23)21-9-7-20(8-10-21)19-5-3-2-4-6-19/h2-14,28-29H,15-18H2,1H3,(H,26,27). The van der Waals surface area contributed by atoms with Gasteiger partial charge in [0.05, 0.1) is 0 Å². The Hall–Kier alpha value is -2.64. The monoisotopic (exact) mass is 437 g/mol. The minimum Gasteiger partial charge on any atom is -0.381 e. The average Bonchev–Trinajstić information content (AvgIpc) is 2.84. The predicted molar refractivity (Wildman–Crippen MR) is 124 cm³/mol. The second-order valence-corrected chi connectivity index (χ2v) is 10.9. The van der Waals surface area contributed by atoms with Crippen molar-refractivity contribution in [2.75, 3.05) is 19.5 Å². The average molecular weight is 438 g/mol. The molecule has 0 aliphatic carbocycles. The highest BCUT2D eigenvalue weighted by molar-refractivity contribution is 8.30. The maximum Gasteiger partial charge on any atom is 0.260 e. The fraction of sp³-hybridized carbons (Fsp3) is 0.240. The smallest absolute Gasteiger partial charge is 0.260 e. The van der Waals surface area contributed by atoms with Crippen molar-refractivity contribution in [3.63, 3.8) is 0 Å². The lowest BCUT2D eigenvalue weighted by molar-refractivity contribution is -0.134. The van der Waals surface area contributed by atoms with Crippen molar-refractivity contribution in [1.82, 2.24) is 5.48 Å². The summed E-state index contributed by atoms with van der Waals surface area (Å²) >= 11 is 0. The molecule has 162 valence electrons. The third kappa shape index (κ3) is 4.00. The Kier molecular flexibility index (Phi) is 6.16. The number of carbonyl (C=O) groups is 1. The Labute approximate surface area is 184 Å². The molecule has 6 heteroatoms. The van der Waals surface area contributed by atoms with Crippen LogP contribution in [0.3, 0.4) is 0 Å². The predicted octanol–water partition coefficient (Wildman–Crippen LogP) is 5.34. The minimum atomic E-state index is -2.53. The quantitative estimate of drug-likeness (QED) is 0.372. The topological polar surface area (TPSA) is 78.8 Å². The van der Waals surface area contributed by atoms with Crippen LogP contribution in [-0.4, -0.2) is 39.9 Å². The van der Waals surface area contributed by atoms with Crippen molar-refractivity contribution in [2.45, 2.75) is 22.5 Å². The molecule has 0 aromatic heterocycles. The maximum absolute atomic E-state index is 12.6. The highest BCUT2D eigenvalue weighted by Gasteiger charge is 2.51. The van der Waals surface area contributed by atoms with E-state index in [0.717, 1.165) is 16.7 Å². The van der Waals surface area contributed by atoms with E-state index in [2.05, 4.69) is 36.4 Å². The third-order valence-electron chi connectivity index (χ3n) is 6.22. The van der Waals surface area contributed by atoms with Gasteiger partial charge in [-0.25, -0.2) is 5.48 Å². The lowest BCUT2D eigenvalue weighted by Gasteiger charge is -2.49. The molecule has 1 unspecified atom stereocenters. The van der Waals surface area contributed by atoms with Crippen LogP contribution in [0.1, 0.15) is 12.8 Å². The van der Waals surface area contributed by atoms with E-state index in [1.807, 2.05) is 42.5 Å². The summed E-state index contributed by atoms with van der Waals surface area (Å²) in [5.74, 6) is -0.545. The zero-order valence-electron chi connectivity index (χ0n) is 17.5. The number of carbonyl (C=O) groups excluding carboxylic acids is 1. The second kappa shape index (κ2) is 8.85. The molecular weight excluding hydrogens is 410 g/mol. The molecule has 0 spiro atoms. The van der Waals surface area contributed by atoms with Gasteiger partial charge in [-0.15, -0.1) is 0 Å². The number of nitrogens with one attached hydrogen (secondary N) is 1. The number of hydrogen-bond acceptors (Lipinski definition) is 4. The van der Waals surface area contributed by atoms with Gasteiger partial charge in [0.15, 0.2) is 0 Å². The van der Waals surface area contributed by atoms with E-state index in [4.69, 9.17) is 4.74 Å². The third-order valence-corrected chi connectivity index (χ3v) is 9.52. The maximum atomic E-state index is 12.6. The molecule has 0 radical (unpaired) electrons. The van der Waals surface area contributed by atoms with Gasteiger partial charge in [-0.2, -0.15) is 0 Å². The summed E-state index contributed by atoms with van der Waals surface area (Å²) in [5.41, 5.74) is 6.22. The van der Waals surface area contributed by atoms with E-state index in [0.29, 0.717) is 31.0 Å². The molecule has 1 amide bonds. The molecule has 31 heavy (non-hydrogen) atoms. The van der Waals surface area contributed by atoms with Crippen LogP contribution in [0.15, 0.2) is 83.8 Å². The largest absolute Gasteiger partial charge is 0.381 e. The van der Waals surface area contributed by atoms with Crippen LogP contribution >= 0.6 is 10.3 Å². The van der Waals surface area contributed by atoms with E-state index >= 15 is 0 Å². The first-order chi connectivity index (χ1) is 15.0. The molecule has 1 saturated heterocycles. The molecule has 3 aromatic rings. The fourth-order valence-electron chi connectivity index (χ4n) is 4.23. The summed E-state index contributed by atoms with van der Waals surface area (Å²) in [4.78, 5) is 13.3. The molecule has 5 nitrogen and oxygen atoms in total. The minimum absolute atomic E-state index is 0.366. The van der Waals surface area contributed by atoms with E-state index in [1.54, 1.807) is 11.7 Å². The van der Waals surface area contributed by atoms with Gasteiger partial charge in [0, 0.05) is 18.1 Å². The lowest BCUT2D eigenvalue weighted by atomic mass is 9.98. The normalized spacial score (nSPS) is 18.5. The van der Waals surface area contributed by atoms with Crippen molar-refractivity contribution in [1.29, 1.82) is 0 Å².